The van der Waals surface area contributed by atoms with E-state index < -0.39 is 0 Å². The highest BCUT2D eigenvalue weighted by Gasteiger charge is 2.27. The highest BCUT2D eigenvalue weighted by molar-refractivity contribution is 5.97. The number of para-hydroxylation sites is 2. The number of aryl methyl sites for hydroxylation is 3. The molecule has 9 heteroatoms. The first kappa shape index (κ1) is 22.1. The molecule has 34 heavy (non-hydrogen) atoms. The number of benzene rings is 1. The minimum absolute atomic E-state index is 0.0400. The van der Waals surface area contributed by atoms with E-state index in [1.165, 1.54) is 0 Å². The number of anilines is 2. The number of aromatic nitrogens is 5. The normalized spacial score (nSPS) is 13.9. The summed E-state index contributed by atoms with van der Waals surface area (Å²) >= 11 is 0. The maximum absolute atomic E-state index is 13.5. The van der Waals surface area contributed by atoms with Crippen LogP contribution in [0.5, 0.6) is 5.88 Å². The molecule has 5 rings (SSSR count). The van der Waals surface area contributed by atoms with Crippen LogP contribution in [0.2, 0.25) is 0 Å². The first-order valence-electron chi connectivity index (χ1n) is 11.5. The van der Waals surface area contributed by atoms with E-state index in [2.05, 4.69) is 16.9 Å². The summed E-state index contributed by atoms with van der Waals surface area (Å²) in [5.41, 5.74) is 5.43. The molecule has 176 valence electrons. The monoisotopic (exact) mass is 459 g/mol. The topological polar surface area (TPSA) is 89.3 Å². The summed E-state index contributed by atoms with van der Waals surface area (Å²) in [7, 11) is 5.48. The van der Waals surface area contributed by atoms with E-state index in [1.54, 1.807) is 16.7 Å². The number of carbonyl (C=O) groups is 1. The van der Waals surface area contributed by atoms with Crippen LogP contribution in [-0.4, -0.2) is 57.9 Å². The van der Waals surface area contributed by atoms with Gasteiger partial charge in [0.2, 0.25) is 11.8 Å². The second kappa shape index (κ2) is 8.55. The molecule has 1 aliphatic rings. The lowest BCUT2D eigenvalue weighted by Gasteiger charge is -2.23. The molecule has 4 heterocycles. The van der Waals surface area contributed by atoms with Gasteiger partial charge < -0.3 is 9.64 Å². The lowest BCUT2D eigenvalue weighted by molar-refractivity contribution is -0.118. The van der Waals surface area contributed by atoms with E-state index in [-0.39, 0.29) is 5.91 Å². The number of amides is 1. The van der Waals surface area contributed by atoms with E-state index >= 15 is 0 Å². The van der Waals surface area contributed by atoms with Crippen molar-refractivity contribution in [1.29, 1.82) is 0 Å². The van der Waals surface area contributed by atoms with Gasteiger partial charge >= 0.3 is 0 Å². The molecule has 0 saturated carbocycles. The van der Waals surface area contributed by atoms with E-state index in [1.807, 2.05) is 45.3 Å². The van der Waals surface area contributed by atoms with Crippen molar-refractivity contribution in [3.05, 3.63) is 41.1 Å². The standard InChI is InChI=1S/C25H29N7O2/c1-15-17(16(2)26-22-21(15)25(34-5)29-31(22)4)11-12-20(33)32-14-8-13-30(3)23-24(32)28-19-10-7-6-9-18(19)27-23/h6-7,9-10H,8,11-14H2,1-5H3. The molecule has 1 aromatic carbocycles. The van der Waals surface area contributed by atoms with Crippen LogP contribution < -0.4 is 14.5 Å². The fourth-order valence-corrected chi connectivity index (χ4v) is 4.81. The summed E-state index contributed by atoms with van der Waals surface area (Å²) < 4.78 is 7.21. The molecule has 0 saturated heterocycles. The van der Waals surface area contributed by atoms with Crippen molar-refractivity contribution >= 4 is 39.6 Å². The predicted molar refractivity (Wildman–Crippen MR) is 133 cm³/mol. The van der Waals surface area contributed by atoms with Crippen LogP contribution in [0.4, 0.5) is 11.6 Å². The zero-order valence-corrected chi connectivity index (χ0v) is 20.3. The van der Waals surface area contributed by atoms with E-state index in [4.69, 9.17) is 19.7 Å². The summed E-state index contributed by atoms with van der Waals surface area (Å²) in [5, 5.41) is 5.32. The Morgan fingerprint density at radius 3 is 2.44 bits per heavy atom. The average molecular weight is 460 g/mol. The molecule has 3 aromatic heterocycles. The van der Waals surface area contributed by atoms with E-state index in [0.29, 0.717) is 31.1 Å². The number of carbonyl (C=O) groups excluding carboxylic acids is 1. The van der Waals surface area contributed by atoms with Crippen LogP contribution in [0.25, 0.3) is 22.1 Å². The van der Waals surface area contributed by atoms with Gasteiger partial charge in [-0.25, -0.2) is 19.6 Å². The third-order valence-corrected chi connectivity index (χ3v) is 6.63. The molecule has 1 amide bonds. The van der Waals surface area contributed by atoms with Crippen molar-refractivity contribution < 1.29 is 9.53 Å². The highest BCUT2D eigenvalue weighted by atomic mass is 16.5. The first-order chi connectivity index (χ1) is 16.4. The van der Waals surface area contributed by atoms with Gasteiger partial charge in [0.05, 0.1) is 23.5 Å². The second-order valence-corrected chi connectivity index (χ2v) is 8.81. The van der Waals surface area contributed by atoms with Gasteiger partial charge in [-0.3, -0.25) is 9.69 Å². The molecule has 0 N–H and O–H groups in total. The van der Waals surface area contributed by atoms with Gasteiger partial charge in [0.25, 0.3) is 0 Å². The Hall–Kier alpha value is -3.75. The van der Waals surface area contributed by atoms with Crippen molar-refractivity contribution in [2.24, 2.45) is 7.05 Å². The van der Waals surface area contributed by atoms with Crippen molar-refractivity contribution in [3.8, 4) is 5.88 Å². The Morgan fingerprint density at radius 2 is 1.74 bits per heavy atom. The number of fused-ring (bicyclic) bond motifs is 3. The van der Waals surface area contributed by atoms with Crippen molar-refractivity contribution in [1.82, 2.24) is 24.7 Å². The Morgan fingerprint density at radius 1 is 1.03 bits per heavy atom. The fraction of sp³-hybridized carbons (Fsp3) is 0.400. The van der Waals surface area contributed by atoms with Crippen molar-refractivity contribution in [2.45, 2.75) is 33.1 Å². The Balaban J connectivity index is 1.47. The zero-order chi connectivity index (χ0) is 24.0. The third-order valence-electron chi connectivity index (χ3n) is 6.63. The first-order valence-corrected chi connectivity index (χ1v) is 11.5. The number of ether oxygens (including phenoxy) is 1. The van der Waals surface area contributed by atoms with Crippen LogP contribution in [0, 0.1) is 13.8 Å². The smallest absolute Gasteiger partial charge is 0.242 e. The van der Waals surface area contributed by atoms with Crippen LogP contribution >= 0.6 is 0 Å². The molecule has 0 radical (unpaired) electrons. The van der Waals surface area contributed by atoms with Crippen LogP contribution in [0.3, 0.4) is 0 Å². The molecule has 0 aliphatic carbocycles. The minimum atomic E-state index is 0.0400. The fourth-order valence-electron chi connectivity index (χ4n) is 4.81. The van der Waals surface area contributed by atoms with Gasteiger partial charge in [-0.1, -0.05) is 12.1 Å². The summed E-state index contributed by atoms with van der Waals surface area (Å²) in [6.07, 6.45) is 1.80. The Kier molecular flexibility index (Phi) is 5.55. The van der Waals surface area contributed by atoms with Gasteiger partial charge in [-0.2, -0.15) is 0 Å². The molecule has 0 spiro atoms. The van der Waals surface area contributed by atoms with Crippen LogP contribution in [0.1, 0.15) is 29.7 Å². The SMILES string of the molecule is COc1nn(C)c2nc(C)c(CCC(=O)N3CCCN(C)c4nc5ccccc5nc43)c(C)c12. The largest absolute Gasteiger partial charge is 0.479 e. The van der Waals surface area contributed by atoms with Gasteiger partial charge in [-0.05, 0) is 49.9 Å². The van der Waals surface area contributed by atoms with E-state index in [9.17, 15) is 4.79 Å². The molecule has 0 bridgehead atoms. The van der Waals surface area contributed by atoms with Crippen LogP contribution in [0.15, 0.2) is 24.3 Å². The van der Waals surface area contributed by atoms with Crippen molar-refractivity contribution in [3.63, 3.8) is 0 Å². The van der Waals surface area contributed by atoms with Gasteiger partial charge in [0.15, 0.2) is 17.3 Å². The van der Waals surface area contributed by atoms with Gasteiger partial charge in [0.1, 0.15) is 0 Å². The lowest BCUT2D eigenvalue weighted by atomic mass is 10.00. The number of hydrogen-bond acceptors (Lipinski definition) is 7. The van der Waals surface area contributed by atoms with E-state index in [0.717, 1.165) is 57.7 Å². The summed E-state index contributed by atoms with van der Waals surface area (Å²) in [5.74, 6) is 1.99. The highest BCUT2D eigenvalue weighted by Crippen LogP contribution is 2.32. The number of hydrogen-bond donors (Lipinski definition) is 0. The number of nitrogens with zero attached hydrogens (tertiary/aromatic N) is 7. The second-order valence-electron chi connectivity index (χ2n) is 8.81. The molecule has 0 fully saturated rings. The van der Waals surface area contributed by atoms with Gasteiger partial charge in [0, 0.05) is 39.3 Å². The number of methoxy groups -OCH3 is 1. The molecule has 0 atom stereocenters. The minimum Gasteiger partial charge on any atom is -0.479 e. The zero-order valence-electron chi connectivity index (χ0n) is 20.3. The third kappa shape index (κ3) is 3.61. The predicted octanol–water partition coefficient (Wildman–Crippen LogP) is 3.34. The quantitative estimate of drug-likeness (QED) is 0.462. The maximum Gasteiger partial charge on any atom is 0.242 e. The molecule has 0 unspecified atom stereocenters. The molecule has 9 nitrogen and oxygen atoms in total. The van der Waals surface area contributed by atoms with Gasteiger partial charge in [-0.15, -0.1) is 5.10 Å². The number of pyridine rings is 1. The maximum atomic E-state index is 13.5. The average Bonchev–Trinajstić information content (AvgIpc) is 3.06. The van der Waals surface area contributed by atoms with Crippen molar-refractivity contribution in [2.75, 3.05) is 37.0 Å². The number of rotatable bonds is 4. The lowest BCUT2D eigenvalue weighted by Crippen LogP contribution is -2.32. The van der Waals surface area contributed by atoms with Crippen LogP contribution in [-0.2, 0) is 18.3 Å². The molecule has 1 aliphatic heterocycles. The summed E-state index contributed by atoms with van der Waals surface area (Å²) in [4.78, 5) is 31.8. The summed E-state index contributed by atoms with van der Waals surface area (Å²) in [6, 6.07) is 7.78. The molecule has 4 aromatic rings. The molecular weight excluding hydrogens is 430 g/mol. The molecular formula is C25H29N7O2. The summed E-state index contributed by atoms with van der Waals surface area (Å²) in [6.45, 7) is 5.48. The Bertz CT molecular complexity index is 1410. The Labute approximate surface area is 198 Å².